The summed E-state index contributed by atoms with van der Waals surface area (Å²) in [5, 5.41) is 9.35. The molecular formula is C9H10N6O. The van der Waals surface area contributed by atoms with E-state index in [-0.39, 0.29) is 5.69 Å². The van der Waals surface area contributed by atoms with Crippen LogP contribution in [0.25, 0.3) is 0 Å². The van der Waals surface area contributed by atoms with Gasteiger partial charge >= 0.3 is 0 Å². The summed E-state index contributed by atoms with van der Waals surface area (Å²) < 4.78 is 0. The zero-order valence-electron chi connectivity index (χ0n) is 8.56. The van der Waals surface area contributed by atoms with Gasteiger partial charge in [-0.3, -0.25) is 9.89 Å². The summed E-state index contributed by atoms with van der Waals surface area (Å²) in [4.78, 5) is 19.1. The minimum Gasteiger partial charge on any atom is -0.364 e. The molecule has 2 aromatic heterocycles. The van der Waals surface area contributed by atoms with Gasteiger partial charge in [0.05, 0.1) is 23.8 Å². The first-order valence-electron chi connectivity index (χ1n) is 4.56. The molecule has 2 aromatic rings. The van der Waals surface area contributed by atoms with Crippen molar-refractivity contribution in [3.05, 3.63) is 30.1 Å². The Kier molecular flexibility index (Phi) is 2.50. The third-order valence-electron chi connectivity index (χ3n) is 1.92. The molecule has 0 atom stereocenters. The highest BCUT2D eigenvalue weighted by molar-refractivity contribution is 5.96. The predicted molar refractivity (Wildman–Crippen MR) is 57.2 cm³/mol. The number of nitrogens with two attached hydrogens (primary N) is 1. The number of carbonyl (C=O) groups excluding carboxylic acids is 1. The van der Waals surface area contributed by atoms with Crippen molar-refractivity contribution in [2.45, 2.75) is 6.92 Å². The molecule has 2 rings (SSSR count). The van der Waals surface area contributed by atoms with E-state index in [9.17, 15) is 4.79 Å². The Morgan fingerprint density at radius 2 is 2.31 bits per heavy atom. The van der Waals surface area contributed by atoms with Crippen LogP contribution in [0, 0.1) is 6.92 Å². The van der Waals surface area contributed by atoms with E-state index in [0.717, 1.165) is 0 Å². The van der Waals surface area contributed by atoms with Gasteiger partial charge < -0.3 is 11.1 Å². The molecule has 0 bridgehead atoms. The maximum absolute atomic E-state index is 11.2. The average Bonchev–Trinajstić information content (AvgIpc) is 2.73. The normalized spacial score (nSPS) is 10.1. The lowest BCUT2D eigenvalue weighted by atomic mass is 10.3. The van der Waals surface area contributed by atoms with Crippen LogP contribution in [0.5, 0.6) is 0 Å². The number of aromatic nitrogens is 4. The molecular weight excluding hydrogens is 208 g/mol. The number of aromatic amines is 1. The number of hydrogen-bond acceptors (Lipinski definition) is 5. The molecule has 0 aliphatic rings. The number of carbonyl (C=O) groups is 1. The van der Waals surface area contributed by atoms with E-state index in [1.807, 2.05) is 0 Å². The fourth-order valence-corrected chi connectivity index (χ4v) is 1.22. The van der Waals surface area contributed by atoms with E-state index in [1.54, 1.807) is 19.3 Å². The summed E-state index contributed by atoms with van der Waals surface area (Å²) in [5.74, 6) is -0.108. The molecule has 0 saturated carbocycles. The molecule has 0 fully saturated rings. The molecule has 0 spiro atoms. The number of H-pyrrole nitrogens is 1. The van der Waals surface area contributed by atoms with E-state index >= 15 is 0 Å². The Balaban J connectivity index is 2.36. The van der Waals surface area contributed by atoms with Crippen molar-refractivity contribution >= 4 is 17.3 Å². The number of aryl methyl sites for hydroxylation is 1. The second-order valence-corrected chi connectivity index (χ2v) is 3.16. The number of nitrogens with zero attached hydrogens (tertiary/aromatic N) is 3. The third-order valence-corrected chi connectivity index (χ3v) is 1.92. The maximum atomic E-state index is 11.2. The van der Waals surface area contributed by atoms with Crippen LogP contribution in [0.2, 0.25) is 0 Å². The largest absolute Gasteiger partial charge is 0.364 e. The highest BCUT2D eigenvalue weighted by Gasteiger charge is 2.11. The summed E-state index contributed by atoms with van der Waals surface area (Å²) in [6.45, 7) is 1.69. The zero-order chi connectivity index (χ0) is 11.5. The fraction of sp³-hybridized carbons (Fsp3) is 0.111. The van der Waals surface area contributed by atoms with E-state index in [1.165, 1.54) is 6.20 Å². The molecule has 2 heterocycles. The van der Waals surface area contributed by atoms with Crippen molar-refractivity contribution in [3.8, 4) is 0 Å². The number of nitrogens with one attached hydrogen (secondary N) is 2. The molecule has 0 radical (unpaired) electrons. The Bertz CT molecular complexity index is 507. The number of rotatable bonds is 3. The minimum absolute atomic E-state index is 0.161. The van der Waals surface area contributed by atoms with Gasteiger partial charge in [-0.05, 0) is 6.92 Å². The van der Waals surface area contributed by atoms with Crippen molar-refractivity contribution in [1.82, 2.24) is 20.2 Å². The third kappa shape index (κ3) is 1.97. The van der Waals surface area contributed by atoms with Crippen molar-refractivity contribution in [2.24, 2.45) is 5.73 Å². The minimum atomic E-state index is -0.600. The van der Waals surface area contributed by atoms with Gasteiger partial charge in [-0.25, -0.2) is 9.97 Å². The smallest absolute Gasteiger partial charge is 0.269 e. The zero-order valence-corrected chi connectivity index (χ0v) is 8.56. The molecule has 7 nitrogen and oxygen atoms in total. The Labute approximate surface area is 91.1 Å². The molecule has 4 N–H and O–H groups in total. The molecule has 0 saturated heterocycles. The van der Waals surface area contributed by atoms with Crippen LogP contribution in [0.1, 0.15) is 16.3 Å². The molecule has 82 valence electrons. The van der Waals surface area contributed by atoms with Gasteiger partial charge in [0.1, 0.15) is 5.82 Å². The summed E-state index contributed by atoms with van der Waals surface area (Å²) in [7, 11) is 0. The Hall–Kier alpha value is -2.44. The van der Waals surface area contributed by atoms with Crippen molar-refractivity contribution in [2.75, 3.05) is 5.32 Å². The van der Waals surface area contributed by atoms with Gasteiger partial charge in [0.2, 0.25) is 0 Å². The second kappa shape index (κ2) is 3.97. The molecule has 0 aliphatic heterocycles. The molecule has 0 aromatic carbocycles. The summed E-state index contributed by atoms with van der Waals surface area (Å²) >= 11 is 0. The van der Waals surface area contributed by atoms with E-state index in [2.05, 4.69) is 25.5 Å². The monoisotopic (exact) mass is 218 g/mol. The molecule has 1 amide bonds. The first-order valence-corrected chi connectivity index (χ1v) is 4.56. The lowest BCUT2D eigenvalue weighted by molar-refractivity contribution is 0.0996. The second-order valence-electron chi connectivity index (χ2n) is 3.16. The van der Waals surface area contributed by atoms with E-state index in [0.29, 0.717) is 17.2 Å². The first kappa shape index (κ1) is 10.1. The fourth-order valence-electron chi connectivity index (χ4n) is 1.22. The highest BCUT2D eigenvalue weighted by Crippen LogP contribution is 2.17. The molecule has 7 heteroatoms. The quantitative estimate of drug-likeness (QED) is 0.688. The summed E-state index contributed by atoms with van der Waals surface area (Å²) in [5.41, 5.74) is 6.54. The van der Waals surface area contributed by atoms with Crippen LogP contribution in [-0.4, -0.2) is 26.1 Å². The van der Waals surface area contributed by atoms with Crippen molar-refractivity contribution in [3.63, 3.8) is 0 Å². The standard InChI is InChI=1S/C9H10N6O/c1-5-11-4-7(8(14-5)9(10)16)15-6-2-12-13-3-6/h2-4,15H,1H3,(H2,10,16)(H,12,13). The van der Waals surface area contributed by atoms with Crippen LogP contribution >= 0.6 is 0 Å². The predicted octanol–water partition coefficient (Wildman–Crippen LogP) is 0.351. The summed E-state index contributed by atoms with van der Waals surface area (Å²) in [6, 6.07) is 0. The van der Waals surface area contributed by atoms with Gasteiger partial charge in [0.25, 0.3) is 5.91 Å². The van der Waals surface area contributed by atoms with Crippen LogP contribution in [0.15, 0.2) is 18.6 Å². The first-order chi connectivity index (χ1) is 7.66. The SMILES string of the molecule is Cc1ncc(Nc2cn[nH]c2)c(C(N)=O)n1. The Morgan fingerprint density at radius 1 is 1.50 bits per heavy atom. The summed E-state index contributed by atoms with van der Waals surface area (Å²) in [6.07, 6.45) is 4.73. The number of anilines is 2. The highest BCUT2D eigenvalue weighted by atomic mass is 16.1. The van der Waals surface area contributed by atoms with Crippen LogP contribution < -0.4 is 11.1 Å². The number of primary amides is 1. The van der Waals surface area contributed by atoms with Gasteiger partial charge in [-0.1, -0.05) is 0 Å². The maximum Gasteiger partial charge on any atom is 0.269 e. The average molecular weight is 218 g/mol. The van der Waals surface area contributed by atoms with Gasteiger partial charge in [-0.2, -0.15) is 5.10 Å². The number of amides is 1. The van der Waals surface area contributed by atoms with Crippen LogP contribution in [0.4, 0.5) is 11.4 Å². The van der Waals surface area contributed by atoms with Crippen molar-refractivity contribution in [1.29, 1.82) is 0 Å². The Morgan fingerprint density at radius 3 is 2.94 bits per heavy atom. The van der Waals surface area contributed by atoms with Gasteiger partial charge in [-0.15, -0.1) is 0 Å². The molecule has 0 aliphatic carbocycles. The van der Waals surface area contributed by atoms with E-state index in [4.69, 9.17) is 5.73 Å². The lowest BCUT2D eigenvalue weighted by Gasteiger charge is -2.06. The number of hydrogen-bond donors (Lipinski definition) is 3. The lowest BCUT2D eigenvalue weighted by Crippen LogP contribution is -2.16. The topological polar surface area (TPSA) is 110 Å². The van der Waals surface area contributed by atoms with E-state index < -0.39 is 5.91 Å². The molecule has 0 unspecified atom stereocenters. The van der Waals surface area contributed by atoms with Crippen LogP contribution in [-0.2, 0) is 0 Å². The molecule has 16 heavy (non-hydrogen) atoms. The van der Waals surface area contributed by atoms with Gasteiger partial charge in [0, 0.05) is 6.20 Å². The van der Waals surface area contributed by atoms with Gasteiger partial charge in [0.15, 0.2) is 5.69 Å². The van der Waals surface area contributed by atoms with Crippen molar-refractivity contribution < 1.29 is 4.79 Å². The van der Waals surface area contributed by atoms with Crippen LogP contribution in [0.3, 0.4) is 0 Å².